The van der Waals surface area contributed by atoms with Crippen molar-refractivity contribution in [2.75, 3.05) is 19.7 Å². The highest BCUT2D eigenvalue weighted by atomic mass is 35.5. The van der Waals surface area contributed by atoms with Crippen molar-refractivity contribution in [3.05, 3.63) is 57.3 Å². The number of hydrogen-bond donors (Lipinski definition) is 2. The van der Waals surface area contributed by atoms with Gasteiger partial charge >= 0.3 is 0 Å². The first kappa shape index (κ1) is 19.4. The number of fused-ring (bicyclic) bond motifs is 2. The molecule has 0 saturated carbocycles. The molecule has 0 radical (unpaired) electrons. The van der Waals surface area contributed by atoms with Gasteiger partial charge in [0.2, 0.25) is 0 Å². The van der Waals surface area contributed by atoms with E-state index in [2.05, 4.69) is 16.7 Å². The minimum atomic E-state index is -0.182. The van der Waals surface area contributed by atoms with Crippen molar-refractivity contribution in [2.24, 2.45) is 0 Å². The van der Waals surface area contributed by atoms with E-state index in [1.165, 1.54) is 10.4 Å². The van der Waals surface area contributed by atoms with Crippen LogP contribution in [0.4, 0.5) is 0 Å². The first-order valence-electron chi connectivity index (χ1n) is 9.02. The van der Waals surface area contributed by atoms with E-state index >= 15 is 0 Å². The fourth-order valence-corrected chi connectivity index (χ4v) is 5.00. The lowest BCUT2D eigenvalue weighted by atomic mass is 9.83. The second-order valence-corrected chi connectivity index (χ2v) is 8.03. The molecule has 6 heteroatoms. The molecule has 2 N–H and O–H groups in total. The average Bonchev–Trinajstić information content (AvgIpc) is 3.09. The van der Waals surface area contributed by atoms with Gasteiger partial charge in [0, 0.05) is 11.3 Å². The zero-order valence-electron chi connectivity index (χ0n) is 14.9. The van der Waals surface area contributed by atoms with E-state index in [1.807, 2.05) is 37.3 Å². The maximum absolute atomic E-state index is 12.8. The number of nitrogens with one attached hydrogen (secondary N) is 2. The molecule has 0 unspecified atom stereocenters. The predicted molar refractivity (Wildman–Crippen MR) is 107 cm³/mol. The summed E-state index contributed by atoms with van der Waals surface area (Å²) in [5.74, 6) is 0.0137. The van der Waals surface area contributed by atoms with Crippen molar-refractivity contribution >= 4 is 29.7 Å². The Morgan fingerprint density at radius 3 is 2.73 bits per heavy atom. The van der Waals surface area contributed by atoms with E-state index < -0.39 is 0 Å². The van der Waals surface area contributed by atoms with Crippen LogP contribution in [0, 0.1) is 0 Å². The summed E-state index contributed by atoms with van der Waals surface area (Å²) in [6.07, 6.45) is 2.88. The number of piperidine rings is 1. The third kappa shape index (κ3) is 3.67. The Hall–Kier alpha value is -1.40. The van der Waals surface area contributed by atoms with E-state index in [-0.39, 0.29) is 30.0 Å². The van der Waals surface area contributed by atoms with Crippen molar-refractivity contribution < 1.29 is 9.53 Å². The minimum absolute atomic E-state index is 0. The molecule has 26 heavy (non-hydrogen) atoms. The van der Waals surface area contributed by atoms with Gasteiger partial charge in [-0.3, -0.25) is 4.79 Å². The summed E-state index contributed by atoms with van der Waals surface area (Å²) in [5.41, 5.74) is 2.19. The van der Waals surface area contributed by atoms with Gasteiger partial charge < -0.3 is 15.4 Å². The topological polar surface area (TPSA) is 50.4 Å². The molecular formula is C20H25ClN2O2S. The highest BCUT2D eigenvalue weighted by Gasteiger charge is 2.40. The van der Waals surface area contributed by atoms with Crippen molar-refractivity contribution in [1.82, 2.24) is 10.6 Å². The molecule has 0 aliphatic carbocycles. The lowest BCUT2D eigenvalue weighted by Crippen LogP contribution is -2.44. The summed E-state index contributed by atoms with van der Waals surface area (Å²) in [4.78, 5) is 14.9. The molecule has 0 bridgehead atoms. The SMILES string of the molecule is C[C@H](NC(=O)c1cc2c(s1)CCOC21CCNCC1)c1ccccc1.Cl. The van der Waals surface area contributed by atoms with E-state index in [9.17, 15) is 4.79 Å². The number of carbonyl (C=O) groups excluding carboxylic acids is 1. The summed E-state index contributed by atoms with van der Waals surface area (Å²) in [7, 11) is 0. The average molecular weight is 393 g/mol. The summed E-state index contributed by atoms with van der Waals surface area (Å²) in [6, 6.07) is 12.2. The van der Waals surface area contributed by atoms with E-state index in [0.717, 1.165) is 49.4 Å². The normalized spacial score (nSPS) is 19.3. The Bertz CT molecular complexity index is 756. The largest absolute Gasteiger partial charge is 0.370 e. The molecule has 1 aromatic carbocycles. The van der Waals surface area contributed by atoms with Crippen molar-refractivity contribution in [2.45, 2.75) is 37.8 Å². The molecular weight excluding hydrogens is 368 g/mol. The highest BCUT2D eigenvalue weighted by Crippen LogP contribution is 2.43. The third-order valence-corrected chi connectivity index (χ3v) is 6.48. The van der Waals surface area contributed by atoms with Crippen LogP contribution >= 0.6 is 23.7 Å². The fraction of sp³-hybridized carbons (Fsp3) is 0.450. The summed E-state index contributed by atoms with van der Waals surface area (Å²) >= 11 is 1.64. The predicted octanol–water partition coefficient (Wildman–Crippen LogP) is 3.81. The van der Waals surface area contributed by atoms with E-state index in [1.54, 1.807) is 11.3 Å². The van der Waals surface area contributed by atoms with Crippen LogP contribution in [-0.4, -0.2) is 25.6 Å². The minimum Gasteiger partial charge on any atom is -0.370 e. The van der Waals surface area contributed by atoms with Gasteiger partial charge in [-0.2, -0.15) is 0 Å². The lowest BCUT2D eigenvalue weighted by molar-refractivity contribution is -0.0792. The third-order valence-electron chi connectivity index (χ3n) is 5.29. The summed E-state index contributed by atoms with van der Waals surface area (Å²) < 4.78 is 6.21. The molecule has 2 aromatic rings. The molecule has 2 aliphatic rings. The first-order chi connectivity index (χ1) is 12.2. The van der Waals surface area contributed by atoms with Crippen LogP contribution in [-0.2, 0) is 16.8 Å². The zero-order chi connectivity index (χ0) is 17.3. The quantitative estimate of drug-likeness (QED) is 0.835. The molecule has 1 aromatic heterocycles. The smallest absolute Gasteiger partial charge is 0.261 e. The lowest BCUT2D eigenvalue weighted by Gasteiger charge is -2.40. The molecule has 140 valence electrons. The van der Waals surface area contributed by atoms with Crippen LogP contribution in [0.2, 0.25) is 0 Å². The maximum atomic E-state index is 12.8. The second kappa shape index (κ2) is 8.09. The van der Waals surface area contributed by atoms with Gasteiger partial charge in [-0.1, -0.05) is 30.3 Å². The van der Waals surface area contributed by atoms with Gasteiger partial charge in [0.25, 0.3) is 5.91 Å². The first-order valence-corrected chi connectivity index (χ1v) is 9.83. The molecule has 4 rings (SSSR count). The maximum Gasteiger partial charge on any atom is 0.261 e. The standard InChI is InChI=1S/C20H24N2O2S.ClH/c1-14(15-5-3-2-4-6-15)22-19(23)18-13-16-17(25-18)7-12-24-20(16)8-10-21-11-9-20;/h2-6,13-14,21H,7-12H2,1H3,(H,22,23);1H/t14-;/m0./s1. The van der Waals surface area contributed by atoms with E-state index in [0.29, 0.717) is 0 Å². The van der Waals surface area contributed by atoms with Gasteiger partial charge in [0.1, 0.15) is 0 Å². The Morgan fingerprint density at radius 1 is 1.27 bits per heavy atom. The highest BCUT2D eigenvalue weighted by molar-refractivity contribution is 7.14. The van der Waals surface area contributed by atoms with Crippen LogP contribution < -0.4 is 10.6 Å². The molecule has 4 nitrogen and oxygen atoms in total. The molecule has 2 aliphatic heterocycles. The number of amides is 1. The number of benzene rings is 1. The Kier molecular flexibility index (Phi) is 6.03. The zero-order valence-corrected chi connectivity index (χ0v) is 16.6. The van der Waals surface area contributed by atoms with Gasteiger partial charge in [0.05, 0.1) is 23.1 Å². The van der Waals surface area contributed by atoms with Crippen molar-refractivity contribution in [3.63, 3.8) is 0 Å². The van der Waals surface area contributed by atoms with Gasteiger partial charge in [-0.05, 0) is 50.0 Å². The molecule has 1 atom stereocenters. The van der Waals surface area contributed by atoms with Gasteiger partial charge in [-0.15, -0.1) is 23.7 Å². The van der Waals surface area contributed by atoms with Crippen LogP contribution in [0.3, 0.4) is 0 Å². The fourth-order valence-electron chi connectivity index (χ4n) is 3.87. The molecule has 1 fully saturated rings. The molecule has 1 saturated heterocycles. The van der Waals surface area contributed by atoms with Gasteiger partial charge in [-0.25, -0.2) is 0 Å². The molecule has 1 amide bonds. The molecule has 1 spiro atoms. The number of ether oxygens (including phenoxy) is 1. The summed E-state index contributed by atoms with van der Waals surface area (Å²) in [5, 5.41) is 6.54. The van der Waals surface area contributed by atoms with Crippen molar-refractivity contribution in [1.29, 1.82) is 0 Å². The number of rotatable bonds is 3. The molecule has 3 heterocycles. The van der Waals surface area contributed by atoms with Crippen LogP contribution in [0.1, 0.15) is 51.5 Å². The number of halogens is 1. The number of hydrogen-bond acceptors (Lipinski definition) is 4. The van der Waals surface area contributed by atoms with Crippen molar-refractivity contribution in [3.8, 4) is 0 Å². The summed E-state index contributed by atoms with van der Waals surface area (Å²) in [6.45, 7) is 4.73. The Morgan fingerprint density at radius 2 is 2.00 bits per heavy atom. The Labute approximate surface area is 164 Å². The van der Waals surface area contributed by atoms with Gasteiger partial charge in [0.15, 0.2) is 0 Å². The van der Waals surface area contributed by atoms with E-state index in [4.69, 9.17) is 4.74 Å². The van der Waals surface area contributed by atoms with Crippen LogP contribution in [0.5, 0.6) is 0 Å². The Balaban J connectivity index is 0.00000196. The number of thiophene rings is 1. The number of carbonyl (C=O) groups is 1. The van der Waals surface area contributed by atoms with Crippen LogP contribution in [0.25, 0.3) is 0 Å². The monoisotopic (exact) mass is 392 g/mol. The van der Waals surface area contributed by atoms with Crippen LogP contribution in [0.15, 0.2) is 36.4 Å². The second-order valence-electron chi connectivity index (χ2n) is 6.90.